The number of hydrogen-bond acceptors (Lipinski definition) is 3. The molecular weight excluding hydrogens is 190 g/mol. The summed E-state index contributed by atoms with van der Waals surface area (Å²) >= 11 is 0. The number of nitrogens with one attached hydrogen (secondary N) is 1. The molecule has 1 saturated heterocycles. The first-order chi connectivity index (χ1) is 7.31. The number of ether oxygens (including phenoxy) is 1. The Morgan fingerprint density at radius 2 is 2.47 bits per heavy atom. The summed E-state index contributed by atoms with van der Waals surface area (Å²) in [7, 11) is 1.43. The Balaban J connectivity index is 2.06. The van der Waals surface area contributed by atoms with Crippen molar-refractivity contribution in [1.29, 1.82) is 0 Å². The van der Waals surface area contributed by atoms with E-state index in [1.165, 1.54) is 20.0 Å². The molecule has 2 rings (SSSR count). The topological polar surface area (TPSA) is 38.3 Å². The fourth-order valence-electron chi connectivity index (χ4n) is 2.32. The van der Waals surface area contributed by atoms with Crippen molar-refractivity contribution >= 4 is 5.97 Å². The van der Waals surface area contributed by atoms with E-state index in [0.717, 1.165) is 13.0 Å². The Morgan fingerprint density at radius 1 is 1.60 bits per heavy atom. The smallest absolute Gasteiger partial charge is 0.337 e. The van der Waals surface area contributed by atoms with Gasteiger partial charge in [0.15, 0.2) is 0 Å². The van der Waals surface area contributed by atoms with Crippen LogP contribution in [0, 0.1) is 5.92 Å². The highest BCUT2D eigenvalue weighted by molar-refractivity contribution is 5.91. The maximum absolute atomic E-state index is 11.4. The Hall–Kier alpha value is -1.09. The van der Waals surface area contributed by atoms with Gasteiger partial charge < -0.3 is 10.1 Å². The van der Waals surface area contributed by atoms with Crippen LogP contribution in [0.3, 0.4) is 0 Å². The molecule has 0 aromatic rings. The SMILES string of the molecule is COC(=O)C1=CC([C@H]2CCCN2)CC=C1. The molecule has 3 nitrogen and oxygen atoms in total. The van der Waals surface area contributed by atoms with Gasteiger partial charge in [0.05, 0.1) is 12.7 Å². The van der Waals surface area contributed by atoms with Gasteiger partial charge >= 0.3 is 5.97 Å². The van der Waals surface area contributed by atoms with Crippen LogP contribution in [0.1, 0.15) is 19.3 Å². The van der Waals surface area contributed by atoms with E-state index in [0.29, 0.717) is 17.5 Å². The molecule has 1 N–H and O–H groups in total. The lowest BCUT2D eigenvalue weighted by atomic mass is 9.89. The molecule has 0 saturated carbocycles. The zero-order chi connectivity index (χ0) is 10.7. The Labute approximate surface area is 90.2 Å². The maximum Gasteiger partial charge on any atom is 0.337 e. The van der Waals surface area contributed by atoms with Gasteiger partial charge in [0.25, 0.3) is 0 Å². The maximum atomic E-state index is 11.4. The Bertz CT molecular complexity index is 301. The molecule has 0 amide bonds. The third kappa shape index (κ3) is 2.29. The van der Waals surface area contributed by atoms with Gasteiger partial charge in [-0.25, -0.2) is 4.79 Å². The van der Waals surface area contributed by atoms with Crippen LogP contribution in [0.25, 0.3) is 0 Å². The van der Waals surface area contributed by atoms with Crippen LogP contribution in [0.5, 0.6) is 0 Å². The second-order valence-electron chi connectivity index (χ2n) is 4.12. The minimum Gasteiger partial charge on any atom is -0.465 e. The summed E-state index contributed by atoms with van der Waals surface area (Å²) in [5.41, 5.74) is 0.697. The summed E-state index contributed by atoms with van der Waals surface area (Å²) in [4.78, 5) is 11.4. The number of esters is 1. The standard InChI is InChI=1S/C12H17NO2/c1-15-12(14)10-5-2-4-9(8-10)11-6-3-7-13-11/h2,5,8-9,11,13H,3-4,6-7H2,1H3/t9?,11-/m1/s1. The first kappa shape index (κ1) is 10.4. The monoisotopic (exact) mass is 207 g/mol. The van der Waals surface area contributed by atoms with E-state index < -0.39 is 0 Å². The minimum absolute atomic E-state index is 0.228. The van der Waals surface area contributed by atoms with E-state index in [2.05, 4.69) is 17.5 Å². The van der Waals surface area contributed by atoms with Crippen LogP contribution in [0.15, 0.2) is 23.8 Å². The second kappa shape index (κ2) is 4.62. The summed E-state index contributed by atoms with van der Waals surface area (Å²) in [6, 6.07) is 0.537. The van der Waals surface area contributed by atoms with E-state index in [9.17, 15) is 4.79 Å². The molecule has 1 heterocycles. The lowest BCUT2D eigenvalue weighted by Crippen LogP contribution is -2.30. The van der Waals surface area contributed by atoms with Crippen molar-refractivity contribution < 1.29 is 9.53 Å². The number of rotatable bonds is 2. The van der Waals surface area contributed by atoms with Gasteiger partial charge in [0.1, 0.15) is 0 Å². The van der Waals surface area contributed by atoms with Crippen LogP contribution in [0.4, 0.5) is 0 Å². The van der Waals surface area contributed by atoms with E-state index in [4.69, 9.17) is 4.74 Å². The molecule has 0 aromatic carbocycles. The van der Waals surface area contributed by atoms with Crippen LogP contribution >= 0.6 is 0 Å². The summed E-state index contributed by atoms with van der Waals surface area (Å²) in [5, 5.41) is 3.47. The fraction of sp³-hybridized carbons (Fsp3) is 0.583. The Kier molecular flexibility index (Phi) is 3.21. The first-order valence-electron chi connectivity index (χ1n) is 5.51. The summed E-state index contributed by atoms with van der Waals surface area (Å²) in [5.74, 6) is 0.223. The van der Waals surface area contributed by atoms with Crippen LogP contribution in [-0.2, 0) is 9.53 Å². The van der Waals surface area contributed by atoms with Crippen LogP contribution in [-0.4, -0.2) is 25.7 Å². The van der Waals surface area contributed by atoms with Gasteiger partial charge in [-0.05, 0) is 31.7 Å². The average molecular weight is 207 g/mol. The van der Waals surface area contributed by atoms with Gasteiger partial charge in [0.2, 0.25) is 0 Å². The summed E-state index contributed by atoms with van der Waals surface area (Å²) in [6.07, 6.45) is 9.46. The first-order valence-corrected chi connectivity index (χ1v) is 5.51. The number of carbonyl (C=O) groups excluding carboxylic acids is 1. The fourth-order valence-corrected chi connectivity index (χ4v) is 2.32. The molecule has 2 atom stereocenters. The van der Waals surface area contributed by atoms with Gasteiger partial charge in [-0.1, -0.05) is 18.2 Å². The molecule has 0 radical (unpaired) electrons. The highest BCUT2D eigenvalue weighted by Gasteiger charge is 2.25. The highest BCUT2D eigenvalue weighted by atomic mass is 16.5. The molecule has 1 aliphatic carbocycles. The van der Waals surface area contributed by atoms with E-state index >= 15 is 0 Å². The number of carbonyl (C=O) groups is 1. The van der Waals surface area contributed by atoms with E-state index in [1.54, 1.807) is 0 Å². The van der Waals surface area contributed by atoms with Crippen molar-refractivity contribution in [3.05, 3.63) is 23.8 Å². The van der Waals surface area contributed by atoms with Crippen molar-refractivity contribution in [2.24, 2.45) is 5.92 Å². The molecule has 2 aliphatic rings. The van der Waals surface area contributed by atoms with Crippen molar-refractivity contribution in [3.63, 3.8) is 0 Å². The minimum atomic E-state index is -0.228. The zero-order valence-electron chi connectivity index (χ0n) is 9.03. The molecule has 1 fully saturated rings. The molecule has 1 aliphatic heterocycles. The lowest BCUT2D eigenvalue weighted by Gasteiger charge is -2.22. The molecule has 1 unspecified atom stereocenters. The quantitative estimate of drug-likeness (QED) is 0.696. The van der Waals surface area contributed by atoms with Crippen molar-refractivity contribution in [1.82, 2.24) is 5.32 Å². The molecule has 82 valence electrons. The van der Waals surface area contributed by atoms with Crippen molar-refractivity contribution in [2.45, 2.75) is 25.3 Å². The van der Waals surface area contributed by atoms with Gasteiger partial charge in [-0.3, -0.25) is 0 Å². The molecule has 15 heavy (non-hydrogen) atoms. The number of allylic oxidation sites excluding steroid dienone is 1. The molecular formula is C12H17NO2. The summed E-state index contributed by atoms with van der Waals surface area (Å²) in [6.45, 7) is 1.10. The molecule has 0 aromatic heterocycles. The van der Waals surface area contributed by atoms with Gasteiger partial charge in [-0.15, -0.1) is 0 Å². The third-order valence-electron chi connectivity index (χ3n) is 3.14. The van der Waals surface area contributed by atoms with Crippen LogP contribution < -0.4 is 5.32 Å². The summed E-state index contributed by atoms with van der Waals surface area (Å²) < 4.78 is 4.72. The molecule has 0 bridgehead atoms. The molecule has 3 heteroatoms. The van der Waals surface area contributed by atoms with Crippen molar-refractivity contribution in [2.75, 3.05) is 13.7 Å². The number of methoxy groups -OCH3 is 1. The van der Waals surface area contributed by atoms with E-state index in [-0.39, 0.29) is 5.97 Å². The van der Waals surface area contributed by atoms with E-state index in [1.807, 2.05) is 6.08 Å². The average Bonchev–Trinajstić information content (AvgIpc) is 2.82. The zero-order valence-corrected chi connectivity index (χ0v) is 9.03. The number of hydrogen-bond donors (Lipinski definition) is 1. The Morgan fingerprint density at radius 3 is 3.13 bits per heavy atom. The highest BCUT2D eigenvalue weighted by Crippen LogP contribution is 2.25. The molecule has 0 spiro atoms. The largest absolute Gasteiger partial charge is 0.465 e. The lowest BCUT2D eigenvalue weighted by molar-refractivity contribution is -0.135. The van der Waals surface area contributed by atoms with Gasteiger partial charge in [-0.2, -0.15) is 0 Å². The second-order valence-corrected chi connectivity index (χ2v) is 4.12. The predicted octanol–water partition coefficient (Wildman–Crippen LogP) is 1.41. The third-order valence-corrected chi connectivity index (χ3v) is 3.14. The van der Waals surface area contributed by atoms with Crippen molar-refractivity contribution in [3.8, 4) is 0 Å². The van der Waals surface area contributed by atoms with Gasteiger partial charge in [0, 0.05) is 6.04 Å². The normalized spacial score (nSPS) is 30.1. The van der Waals surface area contributed by atoms with Crippen LogP contribution in [0.2, 0.25) is 0 Å². The predicted molar refractivity (Wildman–Crippen MR) is 58.4 cm³/mol.